The van der Waals surface area contributed by atoms with Gasteiger partial charge in [-0.15, -0.1) is 0 Å². The molecule has 0 aromatic heterocycles. The second kappa shape index (κ2) is 7.58. The third-order valence-corrected chi connectivity index (χ3v) is 4.27. The molecule has 0 amide bonds. The molecule has 0 saturated heterocycles. The number of ether oxygens (including phenoxy) is 2. The van der Waals surface area contributed by atoms with Crippen molar-refractivity contribution < 1.29 is 36.6 Å². The highest BCUT2D eigenvalue weighted by atomic mass is 79.9. The molecule has 1 saturated carbocycles. The van der Waals surface area contributed by atoms with Crippen LogP contribution in [0, 0.1) is 17.8 Å². The first-order valence-corrected chi connectivity index (χ1v) is 8.42. The minimum atomic E-state index is -4.51. The Morgan fingerprint density at radius 3 is 1.83 bits per heavy atom. The molecule has 1 aliphatic rings. The van der Waals surface area contributed by atoms with Crippen molar-refractivity contribution in [3.8, 4) is 0 Å². The normalized spacial score (nSPS) is 25.2. The molecule has 3 atom stereocenters. The van der Waals surface area contributed by atoms with E-state index in [1.54, 1.807) is 29.8 Å². The predicted octanol–water partition coefficient (Wildman–Crippen LogP) is 4.16. The zero-order chi connectivity index (χ0) is 18.9. The molecule has 0 radical (unpaired) electrons. The molecule has 0 heterocycles. The van der Waals surface area contributed by atoms with Crippen molar-refractivity contribution in [2.45, 2.75) is 63.5 Å². The topological polar surface area (TPSA) is 52.6 Å². The zero-order valence-corrected chi connectivity index (χ0v) is 15.4. The first kappa shape index (κ1) is 21.2. The number of alkyl halides is 5. The lowest BCUT2D eigenvalue weighted by Crippen LogP contribution is -2.46. The van der Waals surface area contributed by atoms with Crippen LogP contribution in [0.5, 0.6) is 0 Å². The first-order chi connectivity index (χ1) is 10.8. The van der Waals surface area contributed by atoms with Crippen molar-refractivity contribution in [3.63, 3.8) is 0 Å². The molecule has 1 fully saturated rings. The average molecular weight is 421 g/mol. The maximum Gasteiger partial charge on any atom is 0.363 e. The number of rotatable bonds is 6. The van der Waals surface area contributed by atoms with E-state index < -0.39 is 59.1 Å². The van der Waals surface area contributed by atoms with Crippen LogP contribution in [-0.4, -0.2) is 34.9 Å². The zero-order valence-electron chi connectivity index (χ0n) is 13.8. The Morgan fingerprint density at radius 1 is 0.958 bits per heavy atom. The summed E-state index contributed by atoms with van der Waals surface area (Å²) in [5, 5.41) is 0. The van der Waals surface area contributed by atoms with Crippen molar-refractivity contribution in [2.75, 3.05) is 0 Å². The molecular formula is C15H21BrF4O4. The van der Waals surface area contributed by atoms with Gasteiger partial charge in [0.05, 0.1) is 24.0 Å². The van der Waals surface area contributed by atoms with Crippen LogP contribution in [0.4, 0.5) is 17.6 Å². The molecule has 9 heteroatoms. The van der Waals surface area contributed by atoms with E-state index in [1.165, 1.54) is 13.8 Å². The summed E-state index contributed by atoms with van der Waals surface area (Å²) in [5.41, 5.74) is 0. The van der Waals surface area contributed by atoms with E-state index in [1.807, 2.05) is 0 Å². The molecule has 1 aliphatic carbocycles. The summed E-state index contributed by atoms with van der Waals surface area (Å²) in [6, 6.07) is 0. The van der Waals surface area contributed by atoms with Gasteiger partial charge in [0.15, 0.2) is 0 Å². The Balaban J connectivity index is 3.07. The summed E-state index contributed by atoms with van der Waals surface area (Å²) < 4.78 is 64.7. The molecule has 140 valence electrons. The van der Waals surface area contributed by atoms with Crippen LogP contribution in [0.3, 0.4) is 0 Å². The van der Waals surface area contributed by atoms with E-state index >= 15 is 0 Å². The Labute approximate surface area is 146 Å². The highest BCUT2D eigenvalue weighted by Gasteiger charge is 2.65. The first-order valence-electron chi connectivity index (χ1n) is 7.62. The summed E-state index contributed by atoms with van der Waals surface area (Å²) in [4.78, 5) is 19.5. The summed E-state index contributed by atoms with van der Waals surface area (Å²) in [6.07, 6.45) is -1.94. The lowest BCUT2D eigenvalue weighted by atomic mass is 9.90. The summed E-state index contributed by atoms with van der Waals surface area (Å²) >= 11 is 1.68. The lowest BCUT2D eigenvalue weighted by Gasteiger charge is -2.30. The second-order valence-corrected chi connectivity index (χ2v) is 7.47. The van der Waals surface area contributed by atoms with Crippen LogP contribution < -0.4 is 0 Å². The molecule has 1 unspecified atom stereocenters. The Morgan fingerprint density at radius 2 is 1.42 bits per heavy atom. The van der Waals surface area contributed by atoms with E-state index in [-0.39, 0.29) is 6.42 Å². The van der Waals surface area contributed by atoms with Gasteiger partial charge >= 0.3 is 22.7 Å². The van der Waals surface area contributed by atoms with Gasteiger partial charge in [-0.3, -0.25) is 9.59 Å². The van der Waals surface area contributed by atoms with Gasteiger partial charge in [0.2, 0.25) is 0 Å². The van der Waals surface area contributed by atoms with Gasteiger partial charge < -0.3 is 9.47 Å². The maximum atomic E-state index is 14.1. The van der Waals surface area contributed by atoms with Crippen molar-refractivity contribution in [1.29, 1.82) is 0 Å². The Hall–Kier alpha value is -0.860. The molecule has 0 aromatic carbocycles. The molecule has 0 aromatic rings. The minimum Gasteiger partial charge on any atom is -0.463 e. The van der Waals surface area contributed by atoms with Crippen LogP contribution in [0.15, 0.2) is 0 Å². The number of hydrogen-bond donors (Lipinski definition) is 0. The summed E-state index contributed by atoms with van der Waals surface area (Å²) in [6.45, 7) is 6.19. The average Bonchev–Trinajstić information content (AvgIpc) is 2.81. The van der Waals surface area contributed by atoms with Gasteiger partial charge in [0, 0.05) is 5.92 Å². The van der Waals surface area contributed by atoms with Gasteiger partial charge in [0.1, 0.15) is 0 Å². The van der Waals surface area contributed by atoms with Crippen LogP contribution in [0.25, 0.3) is 0 Å². The van der Waals surface area contributed by atoms with Crippen molar-refractivity contribution in [3.05, 3.63) is 0 Å². The molecule has 0 spiro atoms. The molecular weight excluding hydrogens is 400 g/mol. The summed E-state index contributed by atoms with van der Waals surface area (Å²) in [7, 11) is 0. The molecule has 24 heavy (non-hydrogen) atoms. The highest BCUT2D eigenvalue weighted by Crippen LogP contribution is 2.53. The maximum absolute atomic E-state index is 14.1. The number of carbonyl (C=O) groups excluding carboxylic acids is 2. The smallest absolute Gasteiger partial charge is 0.363 e. The van der Waals surface area contributed by atoms with Crippen LogP contribution in [0.1, 0.15) is 40.5 Å². The fourth-order valence-corrected chi connectivity index (χ4v) is 3.04. The SMILES string of the molecule is CC(C)OC(=O)[C@H]1CC(C(F)(F)C(F)(F)Br)[C@@H](C(=O)OC(C)C)C1. The predicted molar refractivity (Wildman–Crippen MR) is 81.0 cm³/mol. The van der Waals surface area contributed by atoms with E-state index in [9.17, 15) is 27.2 Å². The van der Waals surface area contributed by atoms with Gasteiger partial charge in [-0.2, -0.15) is 17.6 Å². The minimum absolute atomic E-state index is 0.305. The van der Waals surface area contributed by atoms with E-state index in [2.05, 4.69) is 0 Å². The van der Waals surface area contributed by atoms with Crippen LogP contribution >= 0.6 is 15.9 Å². The summed E-state index contributed by atoms with van der Waals surface area (Å²) in [5.74, 6) is -10.9. The van der Waals surface area contributed by atoms with Gasteiger partial charge in [0.25, 0.3) is 0 Å². The number of esters is 2. The second-order valence-electron chi connectivity index (χ2n) is 6.47. The van der Waals surface area contributed by atoms with Crippen LogP contribution in [-0.2, 0) is 19.1 Å². The molecule has 0 aliphatic heterocycles. The fourth-order valence-electron chi connectivity index (χ4n) is 2.75. The monoisotopic (exact) mass is 420 g/mol. The largest absolute Gasteiger partial charge is 0.463 e. The quantitative estimate of drug-likeness (QED) is 0.367. The highest BCUT2D eigenvalue weighted by molar-refractivity contribution is 9.10. The number of halogens is 5. The van der Waals surface area contributed by atoms with Gasteiger partial charge in [-0.1, -0.05) is 0 Å². The Bertz CT molecular complexity index is 477. The molecule has 0 bridgehead atoms. The van der Waals surface area contributed by atoms with E-state index in [0.717, 1.165) is 0 Å². The number of carbonyl (C=O) groups is 2. The fraction of sp³-hybridized carbons (Fsp3) is 0.867. The third kappa shape index (κ3) is 4.83. The van der Waals surface area contributed by atoms with Gasteiger partial charge in [-0.05, 0) is 56.5 Å². The lowest BCUT2D eigenvalue weighted by molar-refractivity contribution is -0.197. The number of hydrogen-bond acceptors (Lipinski definition) is 4. The van der Waals surface area contributed by atoms with Gasteiger partial charge in [-0.25, -0.2) is 0 Å². The molecule has 0 N–H and O–H groups in total. The van der Waals surface area contributed by atoms with E-state index in [0.29, 0.717) is 0 Å². The molecule has 4 nitrogen and oxygen atoms in total. The van der Waals surface area contributed by atoms with Crippen molar-refractivity contribution in [2.24, 2.45) is 17.8 Å². The molecule has 1 rings (SSSR count). The standard InChI is InChI=1S/C15H21BrF4O4/c1-7(2)23-12(21)9-5-10(13(22)24-8(3)4)11(6-9)14(17,18)15(16,19)20/h7-11H,5-6H2,1-4H3/t9-,10+,11?/m1/s1. The Kier molecular flexibility index (Phi) is 6.69. The van der Waals surface area contributed by atoms with Crippen molar-refractivity contribution >= 4 is 27.9 Å². The van der Waals surface area contributed by atoms with Crippen LogP contribution in [0.2, 0.25) is 0 Å². The van der Waals surface area contributed by atoms with Crippen molar-refractivity contribution in [1.82, 2.24) is 0 Å². The van der Waals surface area contributed by atoms with E-state index in [4.69, 9.17) is 9.47 Å². The third-order valence-electron chi connectivity index (χ3n) is 3.75.